The third-order valence-corrected chi connectivity index (χ3v) is 3.19. The maximum atomic E-state index is 11.9. The van der Waals surface area contributed by atoms with E-state index < -0.39 is 0 Å². The molecule has 0 unspecified atom stereocenters. The van der Waals surface area contributed by atoms with Gasteiger partial charge in [-0.3, -0.25) is 9.69 Å². The van der Waals surface area contributed by atoms with Gasteiger partial charge in [0.05, 0.1) is 5.88 Å². The van der Waals surface area contributed by atoms with Crippen LogP contribution in [0.2, 0.25) is 0 Å². The molecule has 17 heavy (non-hydrogen) atoms. The van der Waals surface area contributed by atoms with Gasteiger partial charge in [0.25, 0.3) is 0 Å². The molecule has 2 nitrogen and oxygen atoms in total. The Morgan fingerprint density at radius 2 is 1.76 bits per heavy atom. The van der Waals surface area contributed by atoms with Gasteiger partial charge in [-0.1, -0.05) is 55.9 Å². The molecule has 0 heterocycles. The van der Waals surface area contributed by atoms with Gasteiger partial charge in [-0.2, -0.15) is 0 Å². The molecule has 0 saturated heterocycles. The number of rotatable bonds is 7. The largest absolute Gasteiger partial charge is 0.289 e. The summed E-state index contributed by atoms with van der Waals surface area (Å²) in [6, 6.07) is 9.42. The van der Waals surface area contributed by atoms with E-state index in [0.717, 1.165) is 31.5 Å². The summed E-state index contributed by atoms with van der Waals surface area (Å²) >= 11 is 1.28. The molecule has 93 valence electrons. The van der Waals surface area contributed by atoms with Crippen LogP contribution in [0.1, 0.15) is 37.0 Å². The predicted molar refractivity (Wildman–Crippen MR) is 74.8 cm³/mol. The van der Waals surface area contributed by atoms with Crippen molar-refractivity contribution in [3.63, 3.8) is 0 Å². The Morgan fingerprint density at radius 3 is 2.29 bits per heavy atom. The van der Waals surface area contributed by atoms with Crippen molar-refractivity contribution < 1.29 is 4.79 Å². The Kier molecular flexibility index (Phi) is 6.97. The quantitative estimate of drug-likeness (QED) is 0.734. The number of carbonyl (C=O) groups excluding carboxylic acids is 1. The summed E-state index contributed by atoms with van der Waals surface area (Å²) in [6.07, 6.45) is 2.22. The fourth-order valence-electron chi connectivity index (χ4n) is 1.56. The molecule has 0 saturated carbocycles. The van der Waals surface area contributed by atoms with E-state index in [4.69, 9.17) is 0 Å². The van der Waals surface area contributed by atoms with Crippen molar-refractivity contribution in [3.8, 4) is 0 Å². The average Bonchev–Trinajstić information content (AvgIpc) is 2.37. The summed E-state index contributed by atoms with van der Waals surface area (Å²) in [6.45, 7) is 6.34. The second-order valence-corrected chi connectivity index (χ2v) is 4.73. The van der Waals surface area contributed by atoms with Crippen LogP contribution >= 0.6 is 11.8 Å². The predicted octanol–water partition coefficient (Wildman–Crippen LogP) is 3.80. The summed E-state index contributed by atoms with van der Waals surface area (Å²) < 4.78 is 0. The summed E-state index contributed by atoms with van der Waals surface area (Å²) in [7, 11) is 0. The summed E-state index contributed by atoms with van der Waals surface area (Å²) in [5.41, 5.74) is 0.765. The standard InChI is InChI=1S/C14H20NOS/c1-3-10-15(11-4-2)12-17-14(16)13-8-6-5-7-9-13/h5-9,12H,3-4,10-11H2,1-2H3. The van der Waals surface area contributed by atoms with Crippen molar-refractivity contribution >= 4 is 16.9 Å². The molecule has 1 radical (unpaired) electrons. The lowest BCUT2D eigenvalue weighted by atomic mass is 10.2. The third kappa shape index (κ3) is 5.37. The molecule has 1 aromatic carbocycles. The molecule has 1 aromatic rings. The van der Waals surface area contributed by atoms with E-state index in [1.165, 1.54) is 11.8 Å². The van der Waals surface area contributed by atoms with Crippen LogP contribution in [0.4, 0.5) is 0 Å². The molecule has 0 spiro atoms. The van der Waals surface area contributed by atoms with E-state index in [2.05, 4.69) is 18.7 Å². The normalized spacial score (nSPS) is 10.8. The summed E-state index contributed by atoms with van der Waals surface area (Å²) in [5, 5.41) is 0.114. The molecule has 0 bridgehead atoms. The van der Waals surface area contributed by atoms with Crippen LogP contribution in [0.5, 0.6) is 0 Å². The topological polar surface area (TPSA) is 20.3 Å². The summed E-state index contributed by atoms with van der Waals surface area (Å²) in [4.78, 5) is 14.1. The maximum Gasteiger partial charge on any atom is 0.220 e. The SMILES string of the molecule is CCCN([CH]SC(=O)c1ccccc1)CCC. The highest BCUT2D eigenvalue weighted by molar-refractivity contribution is 8.15. The van der Waals surface area contributed by atoms with E-state index in [1.54, 1.807) is 0 Å². The third-order valence-electron chi connectivity index (χ3n) is 2.34. The van der Waals surface area contributed by atoms with Crippen molar-refractivity contribution in [2.45, 2.75) is 26.7 Å². The van der Waals surface area contributed by atoms with Gasteiger partial charge < -0.3 is 0 Å². The Morgan fingerprint density at radius 1 is 1.18 bits per heavy atom. The van der Waals surface area contributed by atoms with Crippen molar-refractivity contribution in [1.82, 2.24) is 4.90 Å². The molecular formula is C14H20NOS. The molecule has 0 atom stereocenters. The van der Waals surface area contributed by atoms with Crippen LogP contribution < -0.4 is 0 Å². The minimum absolute atomic E-state index is 0.114. The molecule has 0 aliphatic carbocycles. The van der Waals surface area contributed by atoms with Crippen LogP contribution in [0, 0.1) is 5.88 Å². The van der Waals surface area contributed by atoms with E-state index in [1.807, 2.05) is 36.2 Å². The van der Waals surface area contributed by atoms with Crippen molar-refractivity contribution in [3.05, 3.63) is 41.8 Å². The van der Waals surface area contributed by atoms with Gasteiger partial charge in [0.1, 0.15) is 0 Å². The molecule has 3 heteroatoms. The molecule has 1 rings (SSSR count). The average molecular weight is 250 g/mol. The highest BCUT2D eigenvalue weighted by atomic mass is 32.2. The molecule has 0 N–H and O–H groups in total. The first-order chi connectivity index (χ1) is 8.27. The number of hydrogen-bond donors (Lipinski definition) is 0. The van der Waals surface area contributed by atoms with Gasteiger partial charge >= 0.3 is 0 Å². The molecule has 0 amide bonds. The van der Waals surface area contributed by atoms with Crippen molar-refractivity contribution in [1.29, 1.82) is 0 Å². The van der Waals surface area contributed by atoms with Crippen LogP contribution in [0.15, 0.2) is 30.3 Å². The summed E-state index contributed by atoms with van der Waals surface area (Å²) in [5.74, 6) is 1.96. The first kappa shape index (κ1) is 14.3. The second kappa shape index (κ2) is 8.31. The number of carbonyl (C=O) groups is 1. The monoisotopic (exact) mass is 250 g/mol. The van der Waals surface area contributed by atoms with Crippen LogP contribution in [0.3, 0.4) is 0 Å². The number of hydrogen-bond acceptors (Lipinski definition) is 3. The Bertz CT molecular complexity index is 320. The molecule has 0 aromatic heterocycles. The first-order valence-corrected chi connectivity index (χ1v) is 6.99. The van der Waals surface area contributed by atoms with Gasteiger partial charge in [0, 0.05) is 5.56 Å². The van der Waals surface area contributed by atoms with Crippen molar-refractivity contribution in [2.24, 2.45) is 0 Å². The van der Waals surface area contributed by atoms with E-state index >= 15 is 0 Å². The molecule has 0 fully saturated rings. The van der Waals surface area contributed by atoms with E-state index in [-0.39, 0.29) is 5.12 Å². The zero-order chi connectivity index (χ0) is 12.5. The van der Waals surface area contributed by atoms with Crippen LogP contribution in [-0.2, 0) is 0 Å². The Hall–Kier alpha value is -0.800. The van der Waals surface area contributed by atoms with Gasteiger partial charge in [-0.15, -0.1) is 0 Å². The first-order valence-electron chi connectivity index (χ1n) is 6.11. The zero-order valence-corrected chi connectivity index (χ0v) is 11.4. The number of benzene rings is 1. The van der Waals surface area contributed by atoms with Gasteiger partial charge in [0.2, 0.25) is 5.12 Å². The maximum absolute atomic E-state index is 11.9. The highest BCUT2D eigenvalue weighted by Gasteiger charge is 2.09. The van der Waals surface area contributed by atoms with Crippen LogP contribution in [0.25, 0.3) is 0 Å². The molecule has 0 aliphatic rings. The Labute approximate surface area is 108 Å². The lowest BCUT2D eigenvalue weighted by Crippen LogP contribution is -2.21. The minimum Gasteiger partial charge on any atom is -0.289 e. The molecular weight excluding hydrogens is 230 g/mol. The van der Waals surface area contributed by atoms with E-state index in [9.17, 15) is 4.79 Å². The minimum atomic E-state index is 0.114. The van der Waals surface area contributed by atoms with Gasteiger partial charge in [0.15, 0.2) is 0 Å². The fraction of sp³-hybridized carbons (Fsp3) is 0.429. The zero-order valence-electron chi connectivity index (χ0n) is 10.6. The fourth-order valence-corrected chi connectivity index (χ4v) is 2.28. The van der Waals surface area contributed by atoms with Crippen LogP contribution in [-0.4, -0.2) is 23.1 Å². The number of nitrogens with zero attached hydrogens (tertiary/aromatic N) is 1. The molecule has 0 aliphatic heterocycles. The highest BCUT2D eigenvalue weighted by Crippen LogP contribution is 2.17. The lowest BCUT2D eigenvalue weighted by Gasteiger charge is -2.18. The van der Waals surface area contributed by atoms with Crippen molar-refractivity contribution in [2.75, 3.05) is 13.1 Å². The lowest BCUT2D eigenvalue weighted by molar-refractivity contribution is 0.108. The van der Waals surface area contributed by atoms with E-state index in [0.29, 0.717) is 0 Å². The second-order valence-electron chi connectivity index (χ2n) is 3.91. The van der Waals surface area contributed by atoms with Gasteiger partial charge in [-0.05, 0) is 25.9 Å². The number of thioether (sulfide) groups is 1. The van der Waals surface area contributed by atoms with Gasteiger partial charge in [-0.25, -0.2) is 0 Å². The smallest absolute Gasteiger partial charge is 0.220 e. The Balaban J connectivity index is 2.41.